The molecule has 0 aliphatic carbocycles. The number of hydrogen-bond donors (Lipinski definition) is 2. The first kappa shape index (κ1) is 14.4. The Bertz CT molecular complexity index is 475. The van der Waals surface area contributed by atoms with Gasteiger partial charge in [-0.2, -0.15) is 0 Å². The SMILES string of the molecule is CCNC(=O)NC1CC(=O)N(C(C)c2ccccc2)C1. The molecule has 5 heteroatoms. The third kappa shape index (κ3) is 3.29. The highest BCUT2D eigenvalue weighted by atomic mass is 16.2. The molecule has 2 N–H and O–H groups in total. The van der Waals surface area contributed by atoms with E-state index in [1.807, 2.05) is 49.1 Å². The number of likely N-dealkylation sites (tertiary alicyclic amines) is 1. The van der Waals surface area contributed by atoms with Crippen LogP contribution >= 0.6 is 0 Å². The fourth-order valence-electron chi connectivity index (χ4n) is 2.51. The largest absolute Gasteiger partial charge is 0.338 e. The molecule has 5 nitrogen and oxygen atoms in total. The van der Waals surface area contributed by atoms with Crippen molar-refractivity contribution in [2.75, 3.05) is 13.1 Å². The van der Waals surface area contributed by atoms with E-state index in [1.54, 1.807) is 0 Å². The van der Waals surface area contributed by atoms with Crippen LogP contribution in [-0.2, 0) is 4.79 Å². The molecule has 2 unspecified atom stereocenters. The van der Waals surface area contributed by atoms with Crippen LogP contribution in [0.1, 0.15) is 31.9 Å². The quantitative estimate of drug-likeness (QED) is 0.878. The molecule has 0 bridgehead atoms. The monoisotopic (exact) mass is 275 g/mol. The molecule has 1 aromatic carbocycles. The lowest BCUT2D eigenvalue weighted by atomic mass is 10.1. The zero-order valence-corrected chi connectivity index (χ0v) is 11.9. The number of hydrogen-bond acceptors (Lipinski definition) is 2. The summed E-state index contributed by atoms with van der Waals surface area (Å²) in [6.07, 6.45) is 0.369. The normalized spacial score (nSPS) is 19.8. The molecule has 0 radical (unpaired) electrons. The van der Waals surface area contributed by atoms with Crippen molar-refractivity contribution in [2.45, 2.75) is 32.4 Å². The standard InChI is InChI=1S/C15H21N3O2/c1-3-16-15(20)17-13-9-14(19)18(10-13)11(2)12-7-5-4-6-8-12/h4-8,11,13H,3,9-10H2,1-2H3,(H2,16,17,20). The van der Waals surface area contributed by atoms with Crippen molar-refractivity contribution in [2.24, 2.45) is 0 Å². The zero-order valence-electron chi connectivity index (χ0n) is 11.9. The van der Waals surface area contributed by atoms with Crippen LogP contribution in [0.25, 0.3) is 0 Å². The van der Waals surface area contributed by atoms with Crippen LogP contribution in [0.4, 0.5) is 4.79 Å². The second kappa shape index (κ2) is 6.41. The van der Waals surface area contributed by atoms with Gasteiger partial charge >= 0.3 is 6.03 Å². The molecule has 108 valence electrons. The summed E-state index contributed by atoms with van der Waals surface area (Å²) < 4.78 is 0. The molecule has 1 aromatic rings. The summed E-state index contributed by atoms with van der Waals surface area (Å²) in [7, 11) is 0. The Morgan fingerprint density at radius 1 is 1.40 bits per heavy atom. The molecule has 0 aromatic heterocycles. The summed E-state index contributed by atoms with van der Waals surface area (Å²) >= 11 is 0. The number of nitrogens with zero attached hydrogens (tertiary/aromatic N) is 1. The summed E-state index contributed by atoms with van der Waals surface area (Å²) in [6, 6.07) is 9.64. The molecule has 0 spiro atoms. The van der Waals surface area contributed by atoms with Crippen molar-refractivity contribution in [3.63, 3.8) is 0 Å². The fraction of sp³-hybridized carbons (Fsp3) is 0.467. The Balaban J connectivity index is 1.97. The smallest absolute Gasteiger partial charge is 0.315 e. The van der Waals surface area contributed by atoms with Crippen LogP contribution in [0.3, 0.4) is 0 Å². The predicted octanol–water partition coefficient (Wildman–Crippen LogP) is 1.67. The molecule has 1 aliphatic rings. The summed E-state index contributed by atoms with van der Waals surface area (Å²) in [6.45, 7) is 5.02. The molecule has 1 heterocycles. The highest BCUT2D eigenvalue weighted by Gasteiger charge is 2.33. The summed E-state index contributed by atoms with van der Waals surface area (Å²) in [5, 5.41) is 5.52. The topological polar surface area (TPSA) is 61.4 Å². The van der Waals surface area contributed by atoms with Gasteiger partial charge in [-0.1, -0.05) is 30.3 Å². The number of carbonyl (C=O) groups excluding carboxylic acids is 2. The van der Waals surface area contributed by atoms with Crippen LogP contribution in [0.15, 0.2) is 30.3 Å². The van der Waals surface area contributed by atoms with Gasteiger partial charge in [0.05, 0.1) is 12.1 Å². The van der Waals surface area contributed by atoms with E-state index in [0.29, 0.717) is 19.5 Å². The third-order valence-corrected chi connectivity index (χ3v) is 3.58. The number of urea groups is 1. The Morgan fingerprint density at radius 2 is 2.10 bits per heavy atom. The van der Waals surface area contributed by atoms with Crippen LogP contribution in [0, 0.1) is 0 Å². The molecule has 1 aliphatic heterocycles. The molecule has 2 atom stereocenters. The minimum absolute atomic E-state index is 0.0322. The summed E-state index contributed by atoms with van der Waals surface area (Å²) in [5.74, 6) is 0.0863. The Morgan fingerprint density at radius 3 is 2.75 bits per heavy atom. The number of benzene rings is 1. The van der Waals surface area contributed by atoms with E-state index in [2.05, 4.69) is 10.6 Å². The average Bonchev–Trinajstić information content (AvgIpc) is 2.80. The zero-order chi connectivity index (χ0) is 14.5. The van der Waals surface area contributed by atoms with E-state index in [9.17, 15) is 9.59 Å². The lowest BCUT2D eigenvalue weighted by molar-refractivity contribution is -0.129. The van der Waals surface area contributed by atoms with Gasteiger partial charge < -0.3 is 15.5 Å². The number of carbonyl (C=O) groups is 2. The van der Waals surface area contributed by atoms with E-state index in [-0.39, 0.29) is 24.0 Å². The van der Waals surface area contributed by atoms with Gasteiger partial charge in [0.1, 0.15) is 0 Å². The van der Waals surface area contributed by atoms with E-state index >= 15 is 0 Å². The highest BCUT2D eigenvalue weighted by molar-refractivity contribution is 5.82. The van der Waals surface area contributed by atoms with Gasteiger partial charge in [-0.05, 0) is 19.4 Å². The summed E-state index contributed by atoms with van der Waals surface area (Å²) in [4.78, 5) is 25.4. The van der Waals surface area contributed by atoms with Crippen molar-refractivity contribution in [3.05, 3.63) is 35.9 Å². The minimum Gasteiger partial charge on any atom is -0.338 e. The van der Waals surface area contributed by atoms with E-state index in [4.69, 9.17) is 0 Å². The van der Waals surface area contributed by atoms with Crippen LogP contribution < -0.4 is 10.6 Å². The highest BCUT2D eigenvalue weighted by Crippen LogP contribution is 2.25. The predicted molar refractivity (Wildman–Crippen MR) is 77.2 cm³/mol. The second-order valence-corrected chi connectivity index (χ2v) is 5.04. The first-order valence-electron chi connectivity index (χ1n) is 7.00. The molecule has 0 saturated carbocycles. The van der Waals surface area contributed by atoms with Gasteiger partial charge in [-0.3, -0.25) is 4.79 Å². The van der Waals surface area contributed by atoms with E-state index < -0.39 is 0 Å². The van der Waals surface area contributed by atoms with E-state index in [0.717, 1.165) is 5.56 Å². The van der Waals surface area contributed by atoms with Crippen molar-refractivity contribution >= 4 is 11.9 Å². The Hall–Kier alpha value is -2.04. The van der Waals surface area contributed by atoms with Gasteiger partial charge in [0.2, 0.25) is 5.91 Å². The fourth-order valence-corrected chi connectivity index (χ4v) is 2.51. The minimum atomic E-state index is -0.209. The van der Waals surface area contributed by atoms with Gasteiger partial charge in [0.15, 0.2) is 0 Å². The molecular weight excluding hydrogens is 254 g/mol. The second-order valence-electron chi connectivity index (χ2n) is 5.04. The average molecular weight is 275 g/mol. The van der Waals surface area contributed by atoms with Gasteiger partial charge in [-0.15, -0.1) is 0 Å². The molecule has 2 rings (SSSR count). The lowest BCUT2D eigenvalue weighted by Gasteiger charge is -2.25. The maximum Gasteiger partial charge on any atom is 0.315 e. The van der Waals surface area contributed by atoms with E-state index in [1.165, 1.54) is 0 Å². The number of amides is 3. The van der Waals surface area contributed by atoms with Gasteiger partial charge in [0.25, 0.3) is 0 Å². The maximum absolute atomic E-state index is 12.1. The Labute approximate surface area is 119 Å². The summed E-state index contributed by atoms with van der Waals surface area (Å²) in [5.41, 5.74) is 1.11. The first-order valence-corrected chi connectivity index (χ1v) is 7.00. The van der Waals surface area contributed by atoms with Crippen molar-refractivity contribution in [1.82, 2.24) is 15.5 Å². The molecule has 20 heavy (non-hydrogen) atoms. The molecule has 1 fully saturated rings. The Kier molecular flexibility index (Phi) is 4.61. The van der Waals surface area contributed by atoms with Crippen molar-refractivity contribution in [1.29, 1.82) is 0 Å². The molecular formula is C15H21N3O2. The third-order valence-electron chi connectivity index (χ3n) is 3.58. The van der Waals surface area contributed by atoms with Gasteiger partial charge in [-0.25, -0.2) is 4.79 Å². The van der Waals surface area contributed by atoms with Gasteiger partial charge in [0, 0.05) is 19.5 Å². The molecule has 3 amide bonds. The van der Waals surface area contributed by atoms with Crippen LogP contribution in [0.2, 0.25) is 0 Å². The van der Waals surface area contributed by atoms with Crippen LogP contribution in [-0.4, -0.2) is 36.0 Å². The van der Waals surface area contributed by atoms with Crippen molar-refractivity contribution < 1.29 is 9.59 Å². The van der Waals surface area contributed by atoms with Crippen molar-refractivity contribution in [3.8, 4) is 0 Å². The number of nitrogens with one attached hydrogen (secondary N) is 2. The first-order chi connectivity index (χ1) is 9.61. The molecule has 1 saturated heterocycles. The lowest BCUT2D eigenvalue weighted by Crippen LogP contribution is -2.43. The maximum atomic E-state index is 12.1. The van der Waals surface area contributed by atoms with Crippen LogP contribution in [0.5, 0.6) is 0 Å². The number of rotatable bonds is 4.